The molecule has 4 nitrogen and oxygen atoms in total. The SMILES string of the molecule is CC(NC1(CNC(=O)C2(N)CC2)CCCC1)c1ccccc1.Cl.Cl. The highest BCUT2D eigenvalue weighted by Gasteiger charge is 2.46. The molecule has 3 rings (SSSR count). The van der Waals surface area contributed by atoms with Crippen molar-refractivity contribution in [2.75, 3.05) is 6.54 Å². The summed E-state index contributed by atoms with van der Waals surface area (Å²) in [4.78, 5) is 12.1. The van der Waals surface area contributed by atoms with Crippen molar-refractivity contribution < 1.29 is 4.79 Å². The van der Waals surface area contributed by atoms with Gasteiger partial charge in [0.05, 0.1) is 5.54 Å². The minimum atomic E-state index is -0.579. The summed E-state index contributed by atoms with van der Waals surface area (Å²) >= 11 is 0. The maximum Gasteiger partial charge on any atom is 0.240 e. The predicted molar refractivity (Wildman–Crippen MR) is 103 cm³/mol. The van der Waals surface area contributed by atoms with Gasteiger partial charge in [0.15, 0.2) is 0 Å². The monoisotopic (exact) mass is 373 g/mol. The van der Waals surface area contributed by atoms with Crippen LogP contribution in [0.2, 0.25) is 0 Å². The van der Waals surface area contributed by atoms with Crippen molar-refractivity contribution in [3.8, 4) is 0 Å². The molecule has 6 heteroatoms. The smallest absolute Gasteiger partial charge is 0.240 e. The minimum absolute atomic E-state index is 0. The highest BCUT2D eigenvalue weighted by atomic mass is 35.5. The first kappa shape index (κ1) is 21.2. The van der Waals surface area contributed by atoms with Crippen molar-refractivity contribution in [2.24, 2.45) is 5.73 Å². The molecule has 4 N–H and O–H groups in total. The molecule has 24 heavy (non-hydrogen) atoms. The van der Waals surface area contributed by atoms with Gasteiger partial charge in [0.25, 0.3) is 0 Å². The highest BCUT2D eigenvalue weighted by molar-refractivity contribution is 5.89. The Labute approximate surface area is 157 Å². The van der Waals surface area contributed by atoms with Gasteiger partial charge >= 0.3 is 0 Å². The fraction of sp³-hybridized carbons (Fsp3) is 0.611. The predicted octanol–water partition coefficient (Wildman–Crippen LogP) is 3.10. The number of nitrogens with two attached hydrogens (primary N) is 1. The Bertz CT molecular complexity index is 528. The standard InChI is InChI=1S/C18H27N3O.2ClH/c1-14(15-7-3-2-4-8-15)21-17(9-5-6-10-17)13-20-16(22)18(19)11-12-18;;/h2-4,7-8,14,21H,5-6,9-13,19H2,1H3,(H,20,22);2*1H. The molecule has 2 aliphatic rings. The molecule has 2 aliphatic carbocycles. The normalized spacial score (nSPS) is 21.1. The summed E-state index contributed by atoms with van der Waals surface area (Å²) in [5.74, 6) is 0.0212. The van der Waals surface area contributed by atoms with Crippen LogP contribution in [0.4, 0.5) is 0 Å². The Kier molecular flexibility index (Phi) is 7.54. The lowest BCUT2D eigenvalue weighted by molar-refractivity contribution is -0.123. The molecular weight excluding hydrogens is 345 g/mol. The number of rotatable bonds is 6. The largest absolute Gasteiger partial charge is 0.353 e. The third kappa shape index (κ3) is 4.85. The topological polar surface area (TPSA) is 67.1 Å². The van der Waals surface area contributed by atoms with Crippen LogP contribution in [0.15, 0.2) is 30.3 Å². The van der Waals surface area contributed by atoms with Gasteiger partial charge in [-0.3, -0.25) is 4.79 Å². The lowest BCUT2D eigenvalue weighted by Crippen LogP contribution is -2.55. The van der Waals surface area contributed by atoms with Crippen molar-refractivity contribution >= 4 is 30.7 Å². The quantitative estimate of drug-likeness (QED) is 0.717. The number of amides is 1. The second-order valence-corrected chi connectivity index (χ2v) is 7.10. The summed E-state index contributed by atoms with van der Waals surface area (Å²) in [6.45, 7) is 2.88. The van der Waals surface area contributed by atoms with E-state index in [9.17, 15) is 4.79 Å². The van der Waals surface area contributed by atoms with Crippen LogP contribution < -0.4 is 16.4 Å². The van der Waals surface area contributed by atoms with Crippen LogP contribution >= 0.6 is 24.8 Å². The molecule has 1 atom stereocenters. The van der Waals surface area contributed by atoms with E-state index in [4.69, 9.17) is 5.73 Å². The number of carbonyl (C=O) groups excluding carboxylic acids is 1. The zero-order chi connectivity index (χ0) is 15.6. The minimum Gasteiger partial charge on any atom is -0.353 e. The van der Waals surface area contributed by atoms with E-state index in [2.05, 4.69) is 41.8 Å². The lowest BCUT2D eigenvalue weighted by atomic mass is 9.94. The number of nitrogens with one attached hydrogen (secondary N) is 2. The van der Waals surface area contributed by atoms with Gasteiger partial charge in [0, 0.05) is 18.1 Å². The molecule has 0 bridgehead atoms. The Morgan fingerprint density at radius 2 is 1.71 bits per heavy atom. The van der Waals surface area contributed by atoms with Gasteiger partial charge < -0.3 is 16.4 Å². The molecule has 0 saturated heterocycles. The summed E-state index contributed by atoms with van der Waals surface area (Å²) < 4.78 is 0. The van der Waals surface area contributed by atoms with E-state index in [-0.39, 0.29) is 42.3 Å². The van der Waals surface area contributed by atoms with Gasteiger partial charge in [-0.1, -0.05) is 43.2 Å². The summed E-state index contributed by atoms with van der Waals surface area (Å²) in [5.41, 5.74) is 6.70. The Balaban J connectivity index is 0.00000144. The van der Waals surface area contributed by atoms with Gasteiger partial charge in [-0.2, -0.15) is 0 Å². The van der Waals surface area contributed by atoms with Crippen molar-refractivity contribution in [1.29, 1.82) is 0 Å². The molecule has 0 aromatic heterocycles. The van der Waals surface area contributed by atoms with Crippen molar-refractivity contribution in [2.45, 2.75) is 62.6 Å². The van der Waals surface area contributed by atoms with E-state index in [1.165, 1.54) is 18.4 Å². The van der Waals surface area contributed by atoms with E-state index >= 15 is 0 Å². The van der Waals surface area contributed by atoms with Crippen LogP contribution in [0, 0.1) is 0 Å². The summed E-state index contributed by atoms with van der Waals surface area (Å²) in [7, 11) is 0. The average Bonchev–Trinajstić information content (AvgIpc) is 3.12. The van der Waals surface area contributed by atoms with E-state index in [1.807, 2.05) is 6.07 Å². The molecule has 1 amide bonds. The first-order valence-electron chi connectivity index (χ1n) is 8.43. The third-order valence-corrected chi connectivity index (χ3v) is 5.21. The molecule has 1 unspecified atom stereocenters. The van der Waals surface area contributed by atoms with Gasteiger partial charge in [0.2, 0.25) is 5.91 Å². The molecule has 2 saturated carbocycles. The molecular formula is C18H29Cl2N3O. The van der Waals surface area contributed by atoms with Gasteiger partial charge in [-0.05, 0) is 38.2 Å². The van der Waals surface area contributed by atoms with Crippen LogP contribution in [0.5, 0.6) is 0 Å². The van der Waals surface area contributed by atoms with Crippen molar-refractivity contribution in [1.82, 2.24) is 10.6 Å². The number of benzene rings is 1. The van der Waals surface area contributed by atoms with Crippen LogP contribution in [-0.2, 0) is 4.79 Å². The second-order valence-electron chi connectivity index (χ2n) is 7.10. The Hall–Kier alpha value is -0.810. The molecule has 0 aliphatic heterocycles. The lowest BCUT2D eigenvalue weighted by Gasteiger charge is -2.34. The average molecular weight is 374 g/mol. The molecule has 0 radical (unpaired) electrons. The van der Waals surface area contributed by atoms with Crippen LogP contribution in [0.25, 0.3) is 0 Å². The van der Waals surface area contributed by atoms with Gasteiger partial charge in [-0.25, -0.2) is 0 Å². The van der Waals surface area contributed by atoms with E-state index < -0.39 is 5.54 Å². The number of carbonyl (C=O) groups is 1. The van der Waals surface area contributed by atoms with Gasteiger partial charge in [0.1, 0.15) is 0 Å². The van der Waals surface area contributed by atoms with E-state index in [0.29, 0.717) is 6.54 Å². The molecule has 1 aromatic rings. The second kappa shape index (κ2) is 8.52. The highest BCUT2D eigenvalue weighted by Crippen LogP contribution is 2.34. The number of halogens is 2. The maximum atomic E-state index is 12.1. The number of hydrogen-bond donors (Lipinski definition) is 3. The summed E-state index contributed by atoms with van der Waals surface area (Å²) in [5, 5.41) is 6.88. The first-order valence-corrected chi connectivity index (χ1v) is 8.43. The zero-order valence-electron chi connectivity index (χ0n) is 14.2. The molecule has 0 heterocycles. The summed E-state index contributed by atoms with van der Waals surface area (Å²) in [6.07, 6.45) is 6.31. The van der Waals surface area contributed by atoms with Crippen LogP contribution in [0.3, 0.4) is 0 Å². The van der Waals surface area contributed by atoms with Crippen molar-refractivity contribution in [3.63, 3.8) is 0 Å². The zero-order valence-corrected chi connectivity index (χ0v) is 15.8. The molecule has 136 valence electrons. The molecule has 0 spiro atoms. The number of hydrogen-bond acceptors (Lipinski definition) is 3. The van der Waals surface area contributed by atoms with Crippen LogP contribution in [0.1, 0.15) is 57.1 Å². The van der Waals surface area contributed by atoms with E-state index in [0.717, 1.165) is 25.7 Å². The van der Waals surface area contributed by atoms with Crippen LogP contribution in [-0.4, -0.2) is 23.5 Å². The maximum absolute atomic E-state index is 12.1. The Morgan fingerprint density at radius 3 is 2.25 bits per heavy atom. The van der Waals surface area contributed by atoms with E-state index in [1.54, 1.807) is 0 Å². The fourth-order valence-corrected chi connectivity index (χ4v) is 3.50. The molecule has 1 aromatic carbocycles. The third-order valence-electron chi connectivity index (χ3n) is 5.21. The van der Waals surface area contributed by atoms with Gasteiger partial charge in [-0.15, -0.1) is 24.8 Å². The first-order chi connectivity index (χ1) is 10.5. The van der Waals surface area contributed by atoms with Crippen molar-refractivity contribution in [3.05, 3.63) is 35.9 Å². The Morgan fingerprint density at radius 1 is 1.12 bits per heavy atom. The summed E-state index contributed by atoms with van der Waals surface area (Å²) in [6, 6.07) is 10.8. The fourth-order valence-electron chi connectivity index (χ4n) is 3.50. The molecule has 2 fully saturated rings.